The van der Waals surface area contributed by atoms with Crippen molar-refractivity contribution in [2.75, 3.05) is 31.8 Å². The number of fused-ring (bicyclic) bond motifs is 2. The maximum absolute atomic E-state index is 15.5. The van der Waals surface area contributed by atoms with Crippen molar-refractivity contribution in [3.05, 3.63) is 28.6 Å². The first-order valence-corrected chi connectivity index (χ1v) is 19.7. The van der Waals surface area contributed by atoms with Crippen LogP contribution in [0.3, 0.4) is 0 Å². The molecule has 47 heavy (non-hydrogen) atoms. The van der Waals surface area contributed by atoms with Gasteiger partial charge in [0.15, 0.2) is 35.7 Å². The van der Waals surface area contributed by atoms with Crippen LogP contribution in [-0.4, -0.2) is 94.8 Å². The molecule has 6 heterocycles. The van der Waals surface area contributed by atoms with E-state index in [-0.39, 0.29) is 33.1 Å². The van der Waals surface area contributed by atoms with E-state index in [1.54, 1.807) is 6.92 Å². The average Bonchev–Trinajstić information content (AvgIpc) is 3.74. The number of alkyl halides is 1. The normalized spacial score (nSPS) is 30.6. The Morgan fingerprint density at radius 3 is 2.40 bits per heavy atom. The zero-order valence-electron chi connectivity index (χ0n) is 24.2. The van der Waals surface area contributed by atoms with Gasteiger partial charge in [-0.05, 0) is 11.8 Å². The summed E-state index contributed by atoms with van der Waals surface area (Å²) in [5.74, 6) is -0.579. The number of rotatable bonds is 11. The van der Waals surface area contributed by atoms with Crippen LogP contribution in [0, 0.1) is 5.92 Å². The van der Waals surface area contributed by atoms with Crippen LogP contribution in [0.5, 0.6) is 0 Å². The van der Waals surface area contributed by atoms with Gasteiger partial charge in [-0.2, -0.15) is 0 Å². The second-order valence-corrected chi connectivity index (χ2v) is 17.0. The molecule has 4 unspecified atom stereocenters. The number of ether oxygens (including phenoxy) is 3. The first-order valence-electron chi connectivity index (χ1n) is 13.6. The van der Waals surface area contributed by atoms with Crippen molar-refractivity contribution >= 4 is 82.1 Å². The monoisotopic (exact) mass is 755 g/mol. The van der Waals surface area contributed by atoms with Crippen molar-refractivity contribution in [1.29, 1.82) is 0 Å². The maximum Gasteiger partial charge on any atom is 0.383 e. The predicted octanol–water partition coefficient (Wildman–Crippen LogP) is 1.31. The fourth-order valence-electron chi connectivity index (χ4n) is 5.37. The van der Waals surface area contributed by atoms with Crippen molar-refractivity contribution in [3.63, 3.8) is 0 Å². The van der Waals surface area contributed by atoms with Gasteiger partial charge in [-0.1, -0.05) is 30.5 Å². The number of halogens is 1. The molecule has 10 atom stereocenters. The van der Waals surface area contributed by atoms with Crippen molar-refractivity contribution in [2.24, 2.45) is 5.92 Å². The molecule has 4 aromatic heterocycles. The molecule has 6 rings (SSSR count). The van der Waals surface area contributed by atoms with Gasteiger partial charge in [-0.3, -0.25) is 23.0 Å². The zero-order valence-corrected chi connectivity index (χ0v) is 28.6. The molecule has 25 heteroatoms. The number of nitrogens with two attached hydrogens (primary N) is 2. The van der Waals surface area contributed by atoms with E-state index in [9.17, 15) is 19.1 Å². The molecule has 0 aliphatic carbocycles. The van der Waals surface area contributed by atoms with E-state index in [0.29, 0.717) is 0 Å². The summed E-state index contributed by atoms with van der Waals surface area (Å²) in [5, 5.41) is 0. The Hall–Kier alpha value is -2.24. The summed E-state index contributed by atoms with van der Waals surface area (Å²) in [6.45, 7) is -7.82. The van der Waals surface area contributed by atoms with Crippen LogP contribution in [0.25, 0.3) is 21.5 Å². The number of anilines is 2. The highest BCUT2D eigenvalue weighted by molar-refractivity contribution is 8.44. The summed E-state index contributed by atoms with van der Waals surface area (Å²) in [6, 6.07) is 0. The lowest BCUT2D eigenvalue weighted by molar-refractivity contribution is -0.0518. The summed E-state index contributed by atoms with van der Waals surface area (Å²) in [6.07, 6.45) is -4.89. The molecule has 19 nitrogen and oxygen atoms in total. The number of hydrogen-bond donors (Lipinski definition) is 5. The van der Waals surface area contributed by atoms with E-state index in [4.69, 9.17) is 51.1 Å². The van der Waals surface area contributed by atoms with E-state index < -0.39 is 80.6 Å². The molecule has 6 N–H and O–H groups in total. The Balaban J connectivity index is 1.23. The number of methoxy groups -OCH3 is 1. The number of nitrogens with zero attached hydrogens (tertiary/aromatic N) is 7. The topological polar surface area (TPSA) is 256 Å². The standard InChI is InChI=1S/C22H28FN9O10P2S3/c1-8-9(40-20(11(8)23)31-7-30-12-16(24)26-5-28-18(12)31)3-39-44(36,46)42-14-13(37-2)10(4-38-43(34,35)45)41-21(14)32-19-15(47-22(32)33)17(25)27-6-29-19/h5-11,13-14,20-21H,3-4H2,1-2H3,(H,36,46)(H2,24,26,28)(H2,25,27,29)(H2,34,35,45)/t8?,9-,10-,11-,13?,14-,20-,21-,44?/m1/s1. The van der Waals surface area contributed by atoms with Gasteiger partial charge in [0.05, 0.1) is 25.6 Å². The Morgan fingerprint density at radius 1 is 1.04 bits per heavy atom. The molecule has 0 aromatic carbocycles. The average molecular weight is 756 g/mol. The summed E-state index contributed by atoms with van der Waals surface area (Å²) in [7, 11) is 1.28. The minimum atomic E-state index is -4.26. The molecule has 2 saturated heterocycles. The van der Waals surface area contributed by atoms with Crippen molar-refractivity contribution in [3.8, 4) is 0 Å². The van der Waals surface area contributed by atoms with Crippen LogP contribution in [0.4, 0.5) is 16.0 Å². The number of imidazole rings is 1. The van der Waals surface area contributed by atoms with E-state index in [2.05, 4.69) is 37.2 Å². The van der Waals surface area contributed by atoms with Crippen molar-refractivity contribution in [2.45, 2.75) is 50.0 Å². The van der Waals surface area contributed by atoms with Gasteiger partial charge in [0.1, 0.15) is 47.0 Å². The summed E-state index contributed by atoms with van der Waals surface area (Å²) in [4.78, 5) is 53.6. The third-order valence-corrected chi connectivity index (χ3v) is 11.0. The van der Waals surface area contributed by atoms with Crippen LogP contribution >= 0.6 is 37.1 Å². The third kappa shape index (κ3) is 6.82. The van der Waals surface area contributed by atoms with Gasteiger partial charge in [-0.25, -0.2) is 33.9 Å². The fourth-order valence-corrected chi connectivity index (χ4v) is 8.19. The molecule has 0 bridgehead atoms. The van der Waals surface area contributed by atoms with Gasteiger partial charge < -0.3 is 40.0 Å². The summed E-state index contributed by atoms with van der Waals surface area (Å²) >= 11 is 9.58. The fraction of sp³-hybridized carbons (Fsp3) is 0.545. The van der Waals surface area contributed by atoms with Crippen LogP contribution in [0.1, 0.15) is 19.4 Å². The minimum Gasteiger partial charge on any atom is -0.382 e. The molecule has 2 aliphatic heterocycles. The highest BCUT2D eigenvalue weighted by atomic mass is 32.7. The molecule has 0 spiro atoms. The van der Waals surface area contributed by atoms with Crippen molar-refractivity contribution < 1.29 is 46.5 Å². The number of aromatic nitrogens is 7. The molecular weight excluding hydrogens is 727 g/mol. The highest BCUT2D eigenvalue weighted by Crippen LogP contribution is 2.52. The zero-order chi connectivity index (χ0) is 33.8. The molecule has 2 fully saturated rings. The first kappa shape index (κ1) is 34.6. The molecule has 0 amide bonds. The second-order valence-electron chi connectivity index (χ2n) is 10.5. The lowest BCUT2D eigenvalue weighted by Crippen LogP contribution is -2.38. The first-order chi connectivity index (χ1) is 22.2. The van der Waals surface area contributed by atoms with Gasteiger partial charge in [0.2, 0.25) is 0 Å². The van der Waals surface area contributed by atoms with E-state index in [1.165, 1.54) is 24.3 Å². The SMILES string of the molecule is COC1[C@@H](OP(O)(=S)OC[C@H]2O[C@@H](n3cnc4c(N)ncnc43)[C@H](F)C2C)[C@H](n2c(=O)sc3c(N)ncnc32)O[C@@H]1COP(=O)(O)S. The Bertz CT molecular complexity index is 1950. The number of thiol groups is 1. The lowest BCUT2D eigenvalue weighted by atomic mass is 10.0. The van der Waals surface area contributed by atoms with E-state index in [0.717, 1.165) is 22.2 Å². The van der Waals surface area contributed by atoms with Crippen LogP contribution in [-0.2, 0) is 44.2 Å². The van der Waals surface area contributed by atoms with Gasteiger partial charge in [0, 0.05) is 13.0 Å². The molecule has 2 aliphatic rings. The molecule has 0 saturated carbocycles. The predicted molar refractivity (Wildman–Crippen MR) is 171 cm³/mol. The van der Waals surface area contributed by atoms with E-state index in [1.807, 2.05) is 0 Å². The van der Waals surface area contributed by atoms with Gasteiger partial charge >= 0.3 is 18.4 Å². The highest BCUT2D eigenvalue weighted by Gasteiger charge is 2.51. The summed E-state index contributed by atoms with van der Waals surface area (Å²) in [5.41, 5.74) is 12.4. The Morgan fingerprint density at radius 2 is 1.70 bits per heavy atom. The van der Waals surface area contributed by atoms with Crippen LogP contribution in [0.15, 0.2) is 23.8 Å². The van der Waals surface area contributed by atoms with Crippen LogP contribution < -0.4 is 16.3 Å². The Kier molecular flexibility index (Phi) is 9.75. The largest absolute Gasteiger partial charge is 0.383 e. The summed E-state index contributed by atoms with van der Waals surface area (Å²) < 4.78 is 64.1. The van der Waals surface area contributed by atoms with Gasteiger partial charge in [-0.15, -0.1) is 0 Å². The lowest BCUT2D eigenvalue weighted by Gasteiger charge is -2.28. The minimum absolute atomic E-state index is 0.0381. The molecule has 256 valence electrons. The molecule has 4 aromatic rings. The number of thiazole rings is 1. The number of nitrogen functional groups attached to an aromatic ring is 2. The second kappa shape index (κ2) is 13.2. The van der Waals surface area contributed by atoms with Crippen molar-refractivity contribution in [1.82, 2.24) is 34.1 Å². The van der Waals surface area contributed by atoms with Crippen LogP contribution in [0.2, 0.25) is 0 Å². The molecule has 0 radical (unpaired) electrons. The van der Waals surface area contributed by atoms with E-state index >= 15 is 4.39 Å². The maximum atomic E-state index is 15.5. The smallest absolute Gasteiger partial charge is 0.382 e. The Labute approximate surface area is 278 Å². The quantitative estimate of drug-likeness (QED) is 0.107. The number of hydrogen-bond acceptors (Lipinski definition) is 17. The van der Waals surface area contributed by atoms with Gasteiger partial charge in [0.25, 0.3) is 0 Å². The third-order valence-electron chi connectivity index (χ3n) is 7.64. The molecular formula is C22H28FN9O10P2S3.